The molecule has 1 aromatic carbocycles. The molecule has 1 aromatic heterocycles. The second-order valence-corrected chi connectivity index (χ2v) is 5.40. The van der Waals surface area contributed by atoms with Crippen molar-refractivity contribution in [2.75, 3.05) is 13.1 Å². The Morgan fingerprint density at radius 3 is 3.00 bits per heavy atom. The van der Waals surface area contributed by atoms with Crippen LogP contribution in [0.4, 0.5) is 0 Å². The number of aromatic nitrogens is 2. The number of hydrogen-bond acceptors (Lipinski definition) is 2. The van der Waals surface area contributed by atoms with Gasteiger partial charge in [0, 0.05) is 6.20 Å². The van der Waals surface area contributed by atoms with Gasteiger partial charge in [0.05, 0.1) is 11.9 Å². The average molecular weight is 255 g/mol. The highest BCUT2D eigenvalue weighted by atomic mass is 15.3. The molecule has 0 aliphatic carbocycles. The van der Waals surface area contributed by atoms with E-state index in [1.54, 1.807) is 0 Å². The van der Waals surface area contributed by atoms with Gasteiger partial charge in [-0.3, -0.25) is 0 Å². The van der Waals surface area contributed by atoms with E-state index in [1.807, 2.05) is 29.1 Å². The number of rotatable bonds is 3. The van der Waals surface area contributed by atoms with Crippen LogP contribution in [0, 0.1) is 5.92 Å². The minimum atomic E-state index is 0.760. The molecular weight excluding hydrogens is 234 g/mol. The average Bonchev–Trinajstić information content (AvgIpc) is 2.76. The van der Waals surface area contributed by atoms with Crippen molar-refractivity contribution >= 4 is 0 Å². The summed E-state index contributed by atoms with van der Waals surface area (Å²) in [5.41, 5.74) is 2.48. The maximum atomic E-state index is 4.47. The van der Waals surface area contributed by atoms with Gasteiger partial charge in [0.25, 0.3) is 0 Å². The van der Waals surface area contributed by atoms with Crippen molar-refractivity contribution in [3.8, 4) is 5.69 Å². The van der Waals surface area contributed by atoms with Crippen molar-refractivity contribution in [3.05, 3.63) is 48.3 Å². The molecule has 19 heavy (non-hydrogen) atoms. The monoisotopic (exact) mass is 255 g/mol. The van der Waals surface area contributed by atoms with Crippen molar-refractivity contribution in [1.82, 2.24) is 15.1 Å². The third-order valence-electron chi connectivity index (χ3n) is 3.83. The maximum absolute atomic E-state index is 4.47. The zero-order valence-corrected chi connectivity index (χ0v) is 11.3. The summed E-state index contributed by atoms with van der Waals surface area (Å²) in [5, 5.41) is 8.00. The molecule has 0 amide bonds. The molecule has 2 heterocycles. The van der Waals surface area contributed by atoms with Crippen molar-refractivity contribution in [1.29, 1.82) is 0 Å². The molecule has 1 saturated heterocycles. The van der Waals surface area contributed by atoms with Gasteiger partial charge in [-0.1, -0.05) is 24.6 Å². The molecule has 3 heteroatoms. The van der Waals surface area contributed by atoms with Crippen LogP contribution in [-0.2, 0) is 6.42 Å². The summed E-state index contributed by atoms with van der Waals surface area (Å²) in [4.78, 5) is 0. The zero-order valence-electron chi connectivity index (χ0n) is 11.3. The summed E-state index contributed by atoms with van der Waals surface area (Å²) < 4.78 is 1.97. The van der Waals surface area contributed by atoms with Crippen molar-refractivity contribution in [2.45, 2.75) is 25.7 Å². The molecule has 1 fully saturated rings. The molecule has 0 radical (unpaired) electrons. The summed E-state index contributed by atoms with van der Waals surface area (Å²) in [7, 11) is 0. The quantitative estimate of drug-likeness (QED) is 0.914. The highest BCUT2D eigenvalue weighted by Crippen LogP contribution is 2.17. The lowest BCUT2D eigenvalue weighted by molar-refractivity contribution is 0.477. The predicted molar refractivity (Wildman–Crippen MR) is 77.5 cm³/mol. The lowest BCUT2D eigenvalue weighted by Crippen LogP contribution is -2.21. The molecule has 3 nitrogen and oxygen atoms in total. The normalized spacial score (nSPS) is 20.1. The first-order valence-corrected chi connectivity index (χ1v) is 7.21. The molecule has 0 saturated carbocycles. The Balaban J connectivity index is 1.68. The van der Waals surface area contributed by atoms with Crippen LogP contribution >= 0.6 is 0 Å². The Bertz CT molecular complexity index is 496. The van der Waals surface area contributed by atoms with Crippen LogP contribution in [0.15, 0.2) is 42.7 Å². The van der Waals surface area contributed by atoms with Crippen LogP contribution < -0.4 is 5.32 Å². The van der Waals surface area contributed by atoms with E-state index in [9.17, 15) is 0 Å². The van der Waals surface area contributed by atoms with Crippen molar-refractivity contribution in [3.63, 3.8) is 0 Å². The van der Waals surface area contributed by atoms with E-state index in [1.165, 1.54) is 31.4 Å². The topological polar surface area (TPSA) is 29.9 Å². The van der Waals surface area contributed by atoms with Crippen LogP contribution in [0.2, 0.25) is 0 Å². The van der Waals surface area contributed by atoms with Crippen LogP contribution in [0.3, 0.4) is 0 Å². The molecule has 3 rings (SSSR count). The molecular formula is C16H21N3. The molecule has 100 valence electrons. The lowest BCUT2D eigenvalue weighted by Gasteiger charge is -2.12. The first-order chi connectivity index (χ1) is 9.42. The number of hydrogen-bond donors (Lipinski definition) is 1. The number of nitrogens with one attached hydrogen (secondary N) is 1. The third kappa shape index (κ3) is 3.24. The van der Waals surface area contributed by atoms with Crippen molar-refractivity contribution < 1.29 is 0 Å². The highest BCUT2D eigenvalue weighted by molar-refractivity contribution is 5.30. The van der Waals surface area contributed by atoms with Crippen molar-refractivity contribution in [2.24, 2.45) is 5.92 Å². The van der Waals surface area contributed by atoms with E-state index >= 15 is 0 Å². The fourth-order valence-electron chi connectivity index (χ4n) is 2.79. The minimum absolute atomic E-state index is 0.760. The first kappa shape index (κ1) is 12.4. The summed E-state index contributed by atoms with van der Waals surface area (Å²) in [6.07, 6.45) is 9.33. The van der Waals surface area contributed by atoms with Gasteiger partial charge in [0.1, 0.15) is 0 Å². The van der Waals surface area contributed by atoms with Gasteiger partial charge < -0.3 is 5.32 Å². The molecule has 1 unspecified atom stereocenters. The van der Waals surface area contributed by atoms with Gasteiger partial charge in [0.2, 0.25) is 0 Å². The van der Waals surface area contributed by atoms with E-state index in [0.29, 0.717) is 0 Å². The van der Waals surface area contributed by atoms with Crippen LogP contribution in [0.5, 0.6) is 0 Å². The van der Waals surface area contributed by atoms with Gasteiger partial charge in [-0.05, 0) is 56.0 Å². The zero-order chi connectivity index (χ0) is 12.9. The predicted octanol–water partition coefficient (Wildman–Crippen LogP) is 2.80. The summed E-state index contributed by atoms with van der Waals surface area (Å²) in [6.45, 7) is 2.33. The Morgan fingerprint density at radius 2 is 2.11 bits per heavy atom. The molecule has 0 bridgehead atoms. The smallest absolute Gasteiger partial charge is 0.0645 e. The van der Waals surface area contributed by atoms with E-state index in [4.69, 9.17) is 0 Å². The molecule has 1 N–H and O–H groups in total. The molecule has 2 aromatic rings. The fraction of sp³-hybridized carbons (Fsp3) is 0.438. The van der Waals surface area contributed by atoms with Gasteiger partial charge in [-0.15, -0.1) is 0 Å². The van der Waals surface area contributed by atoms with Crippen LogP contribution in [0.25, 0.3) is 5.69 Å². The van der Waals surface area contributed by atoms with Gasteiger partial charge in [-0.25, -0.2) is 4.68 Å². The number of benzene rings is 1. The fourth-order valence-corrected chi connectivity index (χ4v) is 2.79. The van der Waals surface area contributed by atoms with Gasteiger partial charge >= 0.3 is 0 Å². The van der Waals surface area contributed by atoms with E-state index in [2.05, 4.69) is 28.7 Å². The summed E-state index contributed by atoms with van der Waals surface area (Å²) >= 11 is 0. The Hall–Kier alpha value is -1.61. The first-order valence-electron chi connectivity index (χ1n) is 7.21. The molecule has 1 aliphatic rings. The lowest BCUT2D eigenvalue weighted by atomic mass is 9.97. The van der Waals surface area contributed by atoms with Gasteiger partial charge in [0.15, 0.2) is 0 Å². The second kappa shape index (κ2) is 6.02. The molecule has 1 atom stereocenters. The molecule has 1 aliphatic heterocycles. The second-order valence-electron chi connectivity index (χ2n) is 5.40. The maximum Gasteiger partial charge on any atom is 0.0645 e. The van der Waals surface area contributed by atoms with Gasteiger partial charge in [-0.2, -0.15) is 5.10 Å². The largest absolute Gasteiger partial charge is 0.316 e. The summed E-state index contributed by atoms with van der Waals surface area (Å²) in [6, 6.07) is 10.3. The number of nitrogens with zero attached hydrogens (tertiary/aromatic N) is 2. The Kier molecular flexibility index (Phi) is 3.94. The van der Waals surface area contributed by atoms with Crippen LogP contribution in [0.1, 0.15) is 24.8 Å². The standard InChI is InChI=1S/C16H21N3/c1-2-7-16(8-3-1)19-13-15(12-18-19)10-14-6-4-5-9-17-11-14/h1-3,7-8,12-14,17H,4-6,9-11H2. The Labute approximate surface area is 114 Å². The van der Waals surface area contributed by atoms with E-state index in [0.717, 1.165) is 24.6 Å². The minimum Gasteiger partial charge on any atom is -0.316 e. The Morgan fingerprint density at radius 1 is 1.21 bits per heavy atom. The van der Waals surface area contributed by atoms with Crippen LogP contribution in [-0.4, -0.2) is 22.9 Å². The highest BCUT2D eigenvalue weighted by Gasteiger charge is 2.13. The third-order valence-corrected chi connectivity index (χ3v) is 3.83. The summed E-state index contributed by atoms with van der Waals surface area (Å²) in [5.74, 6) is 0.760. The SMILES string of the molecule is c1ccc(-n2cc(CC3CCCCNC3)cn2)cc1. The molecule has 0 spiro atoms. The van der Waals surface area contributed by atoms with E-state index < -0.39 is 0 Å². The number of para-hydroxylation sites is 1. The van der Waals surface area contributed by atoms with E-state index in [-0.39, 0.29) is 0 Å².